The number of aliphatic imine (C=N–C) groups is 1. The van der Waals surface area contributed by atoms with Gasteiger partial charge in [0.25, 0.3) is 0 Å². The van der Waals surface area contributed by atoms with Gasteiger partial charge in [-0.1, -0.05) is 0 Å². The van der Waals surface area contributed by atoms with E-state index in [0.717, 1.165) is 23.2 Å². The highest BCUT2D eigenvalue weighted by molar-refractivity contribution is 7.11. The summed E-state index contributed by atoms with van der Waals surface area (Å²) in [6.45, 7) is 7.80. The Hall–Kier alpha value is -1.10. The number of aromatic nitrogens is 1. The van der Waals surface area contributed by atoms with Crippen molar-refractivity contribution in [2.45, 2.75) is 46.2 Å². The van der Waals surface area contributed by atoms with Crippen molar-refractivity contribution in [1.82, 2.24) is 15.6 Å². The monoisotopic (exact) mass is 252 g/mol. The molecule has 1 saturated carbocycles. The summed E-state index contributed by atoms with van der Waals surface area (Å²) in [5, 5.41) is 7.75. The predicted molar refractivity (Wildman–Crippen MR) is 72.6 cm³/mol. The zero-order chi connectivity index (χ0) is 12.3. The molecule has 1 aliphatic carbocycles. The topological polar surface area (TPSA) is 49.3 Å². The predicted octanol–water partition coefficient (Wildman–Crippen LogP) is 1.98. The van der Waals surface area contributed by atoms with Crippen molar-refractivity contribution in [1.29, 1.82) is 0 Å². The van der Waals surface area contributed by atoms with E-state index in [1.165, 1.54) is 17.7 Å². The van der Waals surface area contributed by atoms with Crippen molar-refractivity contribution < 1.29 is 0 Å². The van der Waals surface area contributed by atoms with E-state index < -0.39 is 0 Å². The summed E-state index contributed by atoms with van der Waals surface area (Å²) < 4.78 is 0. The van der Waals surface area contributed by atoms with Crippen LogP contribution in [0.3, 0.4) is 0 Å². The number of hydrogen-bond acceptors (Lipinski definition) is 3. The Kier molecular flexibility index (Phi) is 3.99. The third kappa shape index (κ3) is 3.70. The number of nitrogens with one attached hydrogen (secondary N) is 2. The van der Waals surface area contributed by atoms with Gasteiger partial charge in [0.2, 0.25) is 0 Å². The van der Waals surface area contributed by atoms with Crippen molar-refractivity contribution in [3.8, 4) is 0 Å². The molecular weight excluding hydrogens is 232 g/mol. The van der Waals surface area contributed by atoms with Gasteiger partial charge in [-0.2, -0.15) is 0 Å². The molecule has 4 nitrogen and oxygen atoms in total. The summed E-state index contributed by atoms with van der Waals surface area (Å²) in [7, 11) is 0. The van der Waals surface area contributed by atoms with Gasteiger partial charge in [0, 0.05) is 17.5 Å². The first-order valence-electron chi connectivity index (χ1n) is 6.16. The van der Waals surface area contributed by atoms with Crippen molar-refractivity contribution >= 4 is 17.3 Å². The molecule has 1 aromatic rings. The van der Waals surface area contributed by atoms with Crippen LogP contribution >= 0.6 is 11.3 Å². The standard InChI is InChI=1S/C12H20N4S/c1-4-13-12(16-10-5-6-10)14-7-11-15-8(2)9(3)17-11/h10H,4-7H2,1-3H3,(H2,13,14,16). The number of rotatable bonds is 4. The molecule has 2 N–H and O–H groups in total. The van der Waals surface area contributed by atoms with Crippen molar-refractivity contribution in [3.05, 3.63) is 15.6 Å². The molecule has 1 fully saturated rings. The maximum absolute atomic E-state index is 4.56. The summed E-state index contributed by atoms with van der Waals surface area (Å²) in [6, 6.07) is 0.632. The van der Waals surface area contributed by atoms with Crippen LogP contribution in [0.5, 0.6) is 0 Å². The lowest BCUT2D eigenvalue weighted by Gasteiger charge is -2.09. The molecule has 0 atom stereocenters. The molecule has 94 valence electrons. The van der Waals surface area contributed by atoms with E-state index in [2.05, 4.69) is 34.5 Å². The lowest BCUT2D eigenvalue weighted by atomic mass is 10.4. The van der Waals surface area contributed by atoms with Crippen LogP contribution in [0, 0.1) is 13.8 Å². The highest BCUT2D eigenvalue weighted by Crippen LogP contribution is 2.19. The minimum absolute atomic E-state index is 0.632. The van der Waals surface area contributed by atoms with Crippen molar-refractivity contribution in [2.24, 2.45) is 4.99 Å². The zero-order valence-corrected chi connectivity index (χ0v) is 11.5. The van der Waals surface area contributed by atoms with Gasteiger partial charge in [-0.25, -0.2) is 9.98 Å². The molecule has 0 spiro atoms. The molecule has 1 aliphatic rings. The summed E-state index contributed by atoms with van der Waals surface area (Å²) in [6.07, 6.45) is 2.53. The molecule has 0 amide bonds. The van der Waals surface area contributed by atoms with E-state index in [1.807, 2.05) is 6.92 Å². The van der Waals surface area contributed by atoms with Gasteiger partial charge in [0.1, 0.15) is 5.01 Å². The van der Waals surface area contributed by atoms with Crippen LogP contribution < -0.4 is 10.6 Å². The molecule has 0 unspecified atom stereocenters. The van der Waals surface area contributed by atoms with Crippen LogP contribution in [-0.2, 0) is 6.54 Å². The van der Waals surface area contributed by atoms with Crippen LogP contribution in [0.1, 0.15) is 35.3 Å². The van der Waals surface area contributed by atoms with Crippen LogP contribution in [0.4, 0.5) is 0 Å². The maximum atomic E-state index is 4.56. The van der Waals surface area contributed by atoms with E-state index in [0.29, 0.717) is 12.6 Å². The van der Waals surface area contributed by atoms with Gasteiger partial charge in [-0.15, -0.1) is 11.3 Å². The first-order chi connectivity index (χ1) is 8.19. The molecule has 1 aromatic heterocycles. The van der Waals surface area contributed by atoms with Crippen molar-refractivity contribution in [3.63, 3.8) is 0 Å². The molecular formula is C12H20N4S. The molecule has 0 bridgehead atoms. The van der Waals surface area contributed by atoms with Gasteiger partial charge in [0.15, 0.2) is 5.96 Å². The minimum atomic E-state index is 0.632. The molecule has 5 heteroatoms. The fourth-order valence-electron chi connectivity index (χ4n) is 1.49. The minimum Gasteiger partial charge on any atom is -0.357 e. The first kappa shape index (κ1) is 12.4. The lowest BCUT2D eigenvalue weighted by Crippen LogP contribution is -2.38. The summed E-state index contributed by atoms with van der Waals surface area (Å²) in [5.74, 6) is 0.917. The van der Waals surface area contributed by atoms with Gasteiger partial charge >= 0.3 is 0 Å². The third-order valence-corrected chi connectivity index (χ3v) is 3.77. The molecule has 0 saturated heterocycles. The fourth-order valence-corrected chi connectivity index (χ4v) is 2.35. The SMILES string of the molecule is CCNC(=NCc1nc(C)c(C)s1)NC1CC1. The van der Waals surface area contributed by atoms with Crippen LogP contribution in [0.15, 0.2) is 4.99 Å². The molecule has 0 aromatic carbocycles. The Balaban J connectivity index is 1.94. The van der Waals surface area contributed by atoms with E-state index in [9.17, 15) is 0 Å². The molecule has 1 heterocycles. The molecule has 17 heavy (non-hydrogen) atoms. The number of thiazole rings is 1. The number of hydrogen-bond donors (Lipinski definition) is 2. The van der Waals surface area contributed by atoms with Gasteiger partial charge < -0.3 is 10.6 Å². The first-order valence-corrected chi connectivity index (χ1v) is 6.98. The zero-order valence-electron chi connectivity index (χ0n) is 10.7. The Morgan fingerprint density at radius 2 is 2.24 bits per heavy atom. The fraction of sp³-hybridized carbons (Fsp3) is 0.667. The van der Waals surface area contributed by atoms with Crippen LogP contribution in [-0.4, -0.2) is 23.5 Å². The average Bonchev–Trinajstić information content (AvgIpc) is 3.03. The molecule has 0 radical (unpaired) electrons. The largest absolute Gasteiger partial charge is 0.357 e. The number of aryl methyl sites for hydroxylation is 2. The van der Waals surface area contributed by atoms with Crippen LogP contribution in [0.2, 0.25) is 0 Å². The second-order valence-electron chi connectivity index (χ2n) is 4.36. The Morgan fingerprint density at radius 1 is 1.47 bits per heavy atom. The van der Waals surface area contributed by atoms with Gasteiger partial charge in [-0.3, -0.25) is 0 Å². The Bertz CT molecular complexity index is 387. The highest BCUT2D eigenvalue weighted by Gasteiger charge is 2.22. The van der Waals surface area contributed by atoms with E-state index >= 15 is 0 Å². The van der Waals surface area contributed by atoms with Gasteiger partial charge in [0.05, 0.1) is 12.2 Å². The van der Waals surface area contributed by atoms with Crippen molar-refractivity contribution in [2.75, 3.05) is 6.54 Å². The summed E-state index contributed by atoms with van der Waals surface area (Å²) in [5.41, 5.74) is 1.13. The van der Waals surface area contributed by atoms with E-state index in [4.69, 9.17) is 0 Å². The lowest BCUT2D eigenvalue weighted by molar-refractivity contribution is 0.810. The number of nitrogens with zero attached hydrogens (tertiary/aromatic N) is 2. The second-order valence-corrected chi connectivity index (χ2v) is 5.65. The number of guanidine groups is 1. The normalized spacial score (nSPS) is 16.1. The maximum Gasteiger partial charge on any atom is 0.191 e. The Labute approximate surface area is 107 Å². The molecule has 0 aliphatic heterocycles. The van der Waals surface area contributed by atoms with E-state index in [-0.39, 0.29) is 0 Å². The summed E-state index contributed by atoms with van der Waals surface area (Å²) >= 11 is 1.74. The second kappa shape index (κ2) is 5.49. The quantitative estimate of drug-likeness (QED) is 0.636. The third-order valence-electron chi connectivity index (χ3n) is 2.71. The molecule has 2 rings (SSSR count). The van der Waals surface area contributed by atoms with Gasteiger partial charge in [-0.05, 0) is 33.6 Å². The Morgan fingerprint density at radius 3 is 2.76 bits per heavy atom. The van der Waals surface area contributed by atoms with E-state index in [1.54, 1.807) is 11.3 Å². The summed E-state index contributed by atoms with van der Waals surface area (Å²) in [4.78, 5) is 10.3. The average molecular weight is 252 g/mol. The smallest absolute Gasteiger partial charge is 0.191 e. The highest BCUT2D eigenvalue weighted by atomic mass is 32.1. The van der Waals surface area contributed by atoms with Crippen LogP contribution in [0.25, 0.3) is 0 Å².